The van der Waals surface area contributed by atoms with Crippen LogP contribution >= 0.6 is 0 Å². The second kappa shape index (κ2) is 9.05. The molecule has 1 aliphatic carbocycles. The Bertz CT molecular complexity index is 1160. The number of nitrogens with zero attached hydrogens (tertiary/aromatic N) is 3. The first-order valence-corrected chi connectivity index (χ1v) is 11.4. The molecule has 2 aromatic rings. The van der Waals surface area contributed by atoms with E-state index in [9.17, 15) is 18.0 Å². The van der Waals surface area contributed by atoms with Crippen LogP contribution in [-0.2, 0) is 11.0 Å². The number of anilines is 1. The van der Waals surface area contributed by atoms with E-state index in [1.54, 1.807) is 0 Å². The zero-order valence-electron chi connectivity index (χ0n) is 19.7. The Kier molecular flexibility index (Phi) is 6.42. The van der Waals surface area contributed by atoms with Gasteiger partial charge in [-0.1, -0.05) is 20.8 Å². The van der Waals surface area contributed by atoms with Gasteiger partial charge < -0.3 is 10.6 Å². The SMILES string of the molecule is CC(C)(C)c1ncc(C(=O)Nc2cnccc2C2(C3CCC(F)(F)CC3)NC(F)=CC=C2F)cn1. The van der Waals surface area contributed by atoms with Crippen LogP contribution in [0, 0.1) is 5.92 Å². The topological polar surface area (TPSA) is 79.8 Å². The average molecular weight is 490 g/mol. The lowest BCUT2D eigenvalue weighted by Crippen LogP contribution is -2.51. The summed E-state index contributed by atoms with van der Waals surface area (Å²) in [4.78, 5) is 25.5. The molecule has 1 fully saturated rings. The number of alkyl halides is 2. The van der Waals surface area contributed by atoms with Gasteiger partial charge in [-0.2, -0.15) is 4.39 Å². The standard InChI is InChI=1S/C25H27F4N5O/c1-23(2,3)22-31-12-15(13-32-22)21(35)33-18-14-30-11-8-17(18)25(19(26)4-5-20(27)34-25)16-6-9-24(28,29)10-7-16/h4-5,8,11-14,16,34H,6-7,9-10H2,1-3H3,(H,33,35). The summed E-state index contributed by atoms with van der Waals surface area (Å²) < 4.78 is 57.9. The van der Waals surface area contributed by atoms with E-state index in [4.69, 9.17) is 0 Å². The predicted octanol–water partition coefficient (Wildman–Crippen LogP) is 5.71. The molecule has 4 rings (SSSR count). The highest BCUT2D eigenvalue weighted by molar-refractivity contribution is 6.04. The van der Waals surface area contributed by atoms with Crippen LogP contribution in [0.15, 0.2) is 54.8 Å². The third kappa shape index (κ3) is 4.92. The van der Waals surface area contributed by atoms with Gasteiger partial charge in [-0.05, 0) is 37.0 Å². The van der Waals surface area contributed by atoms with Crippen molar-refractivity contribution >= 4 is 11.6 Å². The van der Waals surface area contributed by atoms with E-state index in [0.29, 0.717) is 5.82 Å². The van der Waals surface area contributed by atoms with E-state index in [2.05, 4.69) is 25.6 Å². The van der Waals surface area contributed by atoms with Gasteiger partial charge >= 0.3 is 0 Å². The molecule has 2 aromatic heterocycles. The Morgan fingerprint density at radius 2 is 1.74 bits per heavy atom. The molecule has 0 aromatic carbocycles. The molecule has 35 heavy (non-hydrogen) atoms. The minimum absolute atomic E-state index is 0.0354. The van der Waals surface area contributed by atoms with Gasteiger partial charge in [0.1, 0.15) is 17.2 Å². The van der Waals surface area contributed by atoms with E-state index in [1.807, 2.05) is 20.8 Å². The summed E-state index contributed by atoms with van der Waals surface area (Å²) in [5, 5.41) is 5.27. The van der Waals surface area contributed by atoms with Crippen LogP contribution in [-0.4, -0.2) is 26.8 Å². The summed E-state index contributed by atoms with van der Waals surface area (Å²) in [5.41, 5.74) is -1.59. The van der Waals surface area contributed by atoms with Crippen LogP contribution in [0.3, 0.4) is 0 Å². The maximum atomic E-state index is 15.6. The summed E-state index contributed by atoms with van der Waals surface area (Å²) in [6, 6.07) is 1.46. The van der Waals surface area contributed by atoms with Gasteiger partial charge in [-0.25, -0.2) is 23.1 Å². The number of halogens is 4. The number of aromatic nitrogens is 3. The van der Waals surface area contributed by atoms with E-state index in [-0.39, 0.29) is 35.1 Å². The third-order valence-corrected chi connectivity index (χ3v) is 6.48. The summed E-state index contributed by atoms with van der Waals surface area (Å²) in [6.07, 6.45) is 6.47. The molecular formula is C25H27F4N5O. The fourth-order valence-electron chi connectivity index (χ4n) is 4.62. The number of carbonyl (C=O) groups is 1. The lowest BCUT2D eigenvalue weighted by molar-refractivity contribution is -0.0567. The van der Waals surface area contributed by atoms with Crippen molar-refractivity contribution in [1.29, 1.82) is 0 Å². The molecule has 1 atom stereocenters. The summed E-state index contributed by atoms with van der Waals surface area (Å²) >= 11 is 0. The lowest BCUT2D eigenvalue weighted by Gasteiger charge is -2.45. The molecule has 0 radical (unpaired) electrons. The maximum Gasteiger partial charge on any atom is 0.258 e. The fraction of sp³-hybridized carbons (Fsp3) is 0.440. The molecule has 6 nitrogen and oxygen atoms in total. The molecule has 0 saturated heterocycles. The Hall–Kier alpha value is -3.30. The van der Waals surface area contributed by atoms with Gasteiger partial charge in [0.05, 0.1) is 17.4 Å². The molecule has 3 heterocycles. The largest absolute Gasteiger partial charge is 0.346 e. The molecule has 1 aliphatic heterocycles. The minimum atomic E-state index is -2.85. The van der Waals surface area contributed by atoms with Crippen LogP contribution < -0.4 is 10.6 Å². The van der Waals surface area contributed by atoms with Gasteiger partial charge in [0.25, 0.3) is 5.91 Å². The van der Waals surface area contributed by atoms with Gasteiger partial charge in [0.2, 0.25) is 5.92 Å². The van der Waals surface area contributed by atoms with E-state index in [0.717, 1.165) is 12.2 Å². The lowest BCUT2D eigenvalue weighted by atomic mass is 9.68. The normalized spacial score (nSPS) is 22.6. The van der Waals surface area contributed by atoms with Crippen LogP contribution in [0.4, 0.5) is 23.2 Å². The third-order valence-electron chi connectivity index (χ3n) is 6.48. The summed E-state index contributed by atoms with van der Waals surface area (Å²) in [5.74, 6) is -5.08. The summed E-state index contributed by atoms with van der Waals surface area (Å²) in [7, 11) is 0. The van der Waals surface area contributed by atoms with Crippen molar-refractivity contribution in [1.82, 2.24) is 20.3 Å². The predicted molar refractivity (Wildman–Crippen MR) is 123 cm³/mol. The van der Waals surface area contributed by atoms with Gasteiger partial charge in [0.15, 0.2) is 5.95 Å². The van der Waals surface area contributed by atoms with Crippen molar-refractivity contribution in [3.63, 3.8) is 0 Å². The van der Waals surface area contributed by atoms with E-state index in [1.165, 1.54) is 30.9 Å². The zero-order chi connectivity index (χ0) is 25.4. The van der Waals surface area contributed by atoms with Crippen molar-refractivity contribution in [3.05, 3.63) is 71.7 Å². The van der Waals surface area contributed by atoms with Crippen molar-refractivity contribution < 1.29 is 22.4 Å². The fourth-order valence-corrected chi connectivity index (χ4v) is 4.62. The number of hydrogen-bond acceptors (Lipinski definition) is 5. The number of dihydropyridines is 1. The van der Waals surface area contributed by atoms with Crippen LogP contribution in [0.1, 0.15) is 68.2 Å². The quantitative estimate of drug-likeness (QED) is 0.425. The van der Waals surface area contributed by atoms with Gasteiger partial charge in [0, 0.05) is 42.4 Å². The van der Waals surface area contributed by atoms with Crippen molar-refractivity contribution in [2.75, 3.05) is 5.32 Å². The monoisotopic (exact) mass is 489 g/mol. The van der Waals surface area contributed by atoms with Crippen LogP contribution in [0.2, 0.25) is 0 Å². The number of nitrogens with one attached hydrogen (secondary N) is 2. The van der Waals surface area contributed by atoms with Gasteiger partial charge in [-0.15, -0.1) is 0 Å². The first-order chi connectivity index (χ1) is 16.4. The Labute approximate surface area is 201 Å². The molecule has 186 valence electrons. The zero-order valence-corrected chi connectivity index (χ0v) is 19.7. The van der Waals surface area contributed by atoms with E-state index < -0.39 is 47.9 Å². The smallest absolute Gasteiger partial charge is 0.258 e. The number of carbonyl (C=O) groups excluding carboxylic acids is 1. The molecule has 10 heteroatoms. The van der Waals surface area contributed by atoms with Crippen molar-refractivity contribution in [3.8, 4) is 0 Å². The number of allylic oxidation sites excluding steroid dienone is 2. The Morgan fingerprint density at radius 3 is 2.37 bits per heavy atom. The van der Waals surface area contributed by atoms with Crippen molar-refractivity contribution in [2.45, 2.75) is 63.3 Å². The molecule has 1 amide bonds. The van der Waals surface area contributed by atoms with Gasteiger partial charge in [-0.3, -0.25) is 9.78 Å². The van der Waals surface area contributed by atoms with E-state index >= 15 is 4.39 Å². The molecule has 2 aliphatic rings. The number of hydrogen-bond donors (Lipinski definition) is 2. The first-order valence-electron chi connectivity index (χ1n) is 11.4. The first kappa shape index (κ1) is 24.8. The Morgan fingerprint density at radius 1 is 1.09 bits per heavy atom. The molecule has 1 unspecified atom stereocenters. The highest BCUT2D eigenvalue weighted by atomic mass is 19.3. The molecule has 1 saturated carbocycles. The van der Waals surface area contributed by atoms with Crippen LogP contribution in [0.5, 0.6) is 0 Å². The second-order valence-electron chi connectivity index (χ2n) is 10.0. The highest BCUT2D eigenvalue weighted by Crippen LogP contribution is 2.51. The molecular weight excluding hydrogens is 462 g/mol. The molecule has 2 N–H and O–H groups in total. The average Bonchev–Trinajstić information content (AvgIpc) is 2.81. The Balaban J connectivity index is 1.70. The maximum absolute atomic E-state index is 15.6. The molecule has 0 bridgehead atoms. The molecule has 0 spiro atoms. The minimum Gasteiger partial charge on any atom is -0.346 e. The number of amides is 1. The highest BCUT2D eigenvalue weighted by Gasteiger charge is 2.51. The van der Waals surface area contributed by atoms with Crippen molar-refractivity contribution in [2.24, 2.45) is 5.92 Å². The number of pyridine rings is 1. The summed E-state index contributed by atoms with van der Waals surface area (Å²) in [6.45, 7) is 5.83. The number of rotatable bonds is 4. The second-order valence-corrected chi connectivity index (χ2v) is 10.0. The van der Waals surface area contributed by atoms with Crippen LogP contribution in [0.25, 0.3) is 0 Å².